The lowest BCUT2D eigenvalue weighted by Gasteiger charge is -2.43. The molecule has 3 fully saturated rings. The summed E-state index contributed by atoms with van der Waals surface area (Å²) >= 11 is 2.36. The first-order valence-corrected chi connectivity index (χ1v) is 14.4. The van der Waals surface area contributed by atoms with Crippen LogP contribution in [0, 0.1) is 11.7 Å². The quantitative estimate of drug-likeness (QED) is 0.234. The van der Waals surface area contributed by atoms with Gasteiger partial charge in [-0.05, 0) is 62.8 Å². The zero-order valence-electron chi connectivity index (χ0n) is 19.9. The van der Waals surface area contributed by atoms with E-state index in [9.17, 15) is 4.39 Å². The lowest BCUT2D eigenvalue weighted by atomic mass is 9.88. The Morgan fingerprint density at radius 1 is 0.971 bits per heavy atom. The second kappa shape index (κ2) is 11.4. The van der Waals surface area contributed by atoms with E-state index >= 15 is 0 Å². The van der Waals surface area contributed by atoms with Crippen molar-refractivity contribution in [1.29, 1.82) is 0 Å². The van der Waals surface area contributed by atoms with Crippen molar-refractivity contribution in [3.63, 3.8) is 0 Å². The van der Waals surface area contributed by atoms with Crippen LogP contribution in [0.5, 0.6) is 0 Å². The van der Waals surface area contributed by atoms with E-state index in [0.717, 1.165) is 74.6 Å². The van der Waals surface area contributed by atoms with Crippen molar-refractivity contribution in [2.45, 2.75) is 50.6 Å². The lowest BCUT2D eigenvalue weighted by molar-refractivity contribution is 0.134. The van der Waals surface area contributed by atoms with Gasteiger partial charge >= 0.3 is 0 Å². The second-order valence-electron chi connectivity index (χ2n) is 9.80. The SMILES string of the molecule is Fc1cccc(N2CCC[C@H]3[C@@H]2C(CCOCCI)CN3c2cc(N3CCCCC3)ccn2)c1. The van der Waals surface area contributed by atoms with Crippen molar-refractivity contribution >= 4 is 39.8 Å². The molecule has 0 aliphatic carbocycles. The van der Waals surface area contributed by atoms with Crippen LogP contribution in [-0.4, -0.2) is 60.9 Å². The number of alkyl halides is 1. The predicted molar refractivity (Wildman–Crippen MR) is 146 cm³/mol. The summed E-state index contributed by atoms with van der Waals surface area (Å²) in [5, 5.41) is 0. The number of halogens is 2. The highest BCUT2D eigenvalue weighted by atomic mass is 127. The topological polar surface area (TPSA) is 31.8 Å². The number of hydrogen-bond donors (Lipinski definition) is 0. The van der Waals surface area contributed by atoms with Gasteiger partial charge in [0.05, 0.1) is 18.7 Å². The van der Waals surface area contributed by atoms with Crippen molar-refractivity contribution < 1.29 is 9.13 Å². The summed E-state index contributed by atoms with van der Waals surface area (Å²) in [7, 11) is 0. The third-order valence-corrected chi connectivity index (χ3v) is 8.15. The van der Waals surface area contributed by atoms with Crippen LogP contribution in [0.1, 0.15) is 38.5 Å². The van der Waals surface area contributed by atoms with Crippen molar-refractivity contribution in [3.8, 4) is 0 Å². The lowest BCUT2D eigenvalue weighted by Crippen LogP contribution is -2.52. The fourth-order valence-corrected chi connectivity index (χ4v) is 6.50. The van der Waals surface area contributed by atoms with Crippen molar-refractivity contribution in [1.82, 2.24) is 4.98 Å². The number of hydrogen-bond acceptors (Lipinski definition) is 5. The molecule has 0 radical (unpaired) electrons. The van der Waals surface area contributed by atoms with Crippen molar-refractivity contribution in [2.24, 2.45) is 5.92 Å². The molecule has 0 amide bonds. The Morgan fingerprint density at radius 2 is 1.85 bits per heavy atom. The highest BCUT2D eigenvalue weighted by molar-refractivity contribution is 14.1. The third kappa shape index (κ3) is 5.30. The monoisotopic (exact) mass is 578 g/mol. The van der Waals surface area contributed by atoms with Crippen LogP contribution >= 0.6 is 22.6 Å². The molecule has 5 nitrogen and oxygen atoms in total. The highest BCUT2D eigenvalue weighted by Gasteiger charge is 2.47. The van der Waals surface area contributed by atoms with Crippen LogP contribution in [0.25, 0.3) is 0 Å². The largest absolute Gasteiger partial charge is 0.381 e. The highest BCUT2D eigenvalue weighted by Crippen LogP contribution is 2.41. The van der Waals surface area contributed by atoms with Gasteiger partial charge in [0.25, 0.3) is 0 Å². The Balaban J connectivity index is 1.41. The normalized spacial score (nSPS) is 25.0. The molecule has 7 heteroatoms. The molecule has 1 aromatic heterocycles. The summed E-state index contributed by atoms with van der Waals surface area (Å²) in [5.41, 5.74) is 2.30. The number of fused-ring (bicyclic) bond motifs is 1. The molecule has 3 aliphatic heterocycles. The Hall–Kier alpha value is -1.61. The van der Waals surface area contributed by atoms with E-state index in [2.05, 4.69) is 55.5 Å². The minimum Gasteiger partial charge on any atom is -0.381 e. The Kier molecular flexibility index (Phi) is 8.09. The summed E-state index contributed by atoms with van der Waals surface area (Å²) in [6, 6.07) is 12.3. The zero-order valence-corrected chi connectivity index (χ0v) is 22.1. The standard InChI is InChI=1S/C27H36FIN4O/c28-22-6-4-7-24(18-22)32-15-5-8-25-27(32)21(10-16-34-17-11-29)20-33(25)26-19-23(9-12-30-26)31-13-2-1-3-14-31/h4,6-7,9,12,18-19,21,25,27H,1-3,5,8,10-11,13-17,20H2/t21?,25-,27-/m0/s1. The van der Waals surface area contributed by atoms with Gasteiger partial charge in [-0.15, -0.1) is 0 Å². The molecule has 1 unspecified atom stereocenters. The summed E-state index contributed by atoms with van der Waals surface area (Å²) in [6.07, 6.45) is 9.14. The molecule has 3 atom stereocenters. The Morgan fingerprint density at radius 3 is 2.68 bits per heavy atom. The van der Waals surface area contributed by atoms with Crippen LogP contribution in [0.4, 0.5) is 21.6 Å². The maximum atomic E-state index is 14.1. The number of rotatable bonds is 8. The average Bonchev–Trinajstić information content (AvgIpc) is 3.26. The average molecular weight is 579 g/mol. The van der Waals surface area contributed by atoms with E-state index in [-0.39, 0.29) is 5.82 Å². The molecule has 5 rings (SSSR count). The van der Waals surface area contributed by atoms with Crippen LogP contribution in [0.3, 0.4) is 0 Å². The smallest absolute Gasteiger partial charge is 0.130 e. The van der Waals surface area contributed by atoms with E-state index < -0.39 is 0 Å². The van der Waals surface area contributed by atoms with Gasteiger partial charge in [-0.3, -0.25) is 0 Å². The molecule has 0 bridgehead atoms. The van der Waals surface area contributed by atoms with E-state index in [4.69, 9.17) is 9.72 Å². The summed E-state index contributed by atoms with van der Waals surface area (Å²) in [5.74, 6) is 1.39. The number of nitrogens with zero attached hydrogens (tertiary/aromatic N) is 4. The molecule has 2 aromatic rings. The minimum absolute atomic E-state index is 0.160. The molecule has 0 saturated carbocycles. The number of ether oxygens (including phenoxy) is 1. The molecule has 184 valence electrons. The molecule has 0 spiro atoms. The van der Waals surface area contributed by atoms with Crippen molar-refractivity contribution in [3.05, 3.63) is 48.4 Å². The summed E-state index contributed by atoms with van der Waals surface area (Å²) in [6.45, 7) is 5.82. The third-order valence-electron chi connectivity index (χ3n) is 7.71. The van der Waals surface area contributed by atoms with Gasteiger partial charge in [-0.1, -0.05) is 28.7 Å². The van der Waals surface area contributed by atoms with Gasteiger partial charge in [-0.25, -0.2) is 9.37 Å². The molecule has 34 heavy (non-hydrogen) atoms. The molecule has 1 aromatic carbocycles. The van der Waals surface area contributed by atoms with E-state index in [1.165, 1.54) is 31.0 Å². The van der Waals surface area contributed by atoms with Gasteiger partial charge < -0.3 is 19.4 Å². The van der Waals surface area contributed by atoms with Gasteiger partial charge in [0.2, 0.25) is 0 Å². The molecular weight excluding hydrogens is 542 g/mol. The number of anilines is 3. The van der Waals surface area contributed by atoms with Crippen LogP contribution in [0.15, 0.2) is 42.6 Å². The van der Waals surface area contributed by atoms with Gasteiger partial charge in [0, 0.05) is 66.8 Å². The van der Waals surface area contributed by atoms with Crippen LogP contribution < -0.4 is 14.7 Å². The number of benzene rings is 1. The fraction of sp³-hybridized carbons (Fsp3) is 0.593. The second-order valence-corrected chi connectivity index (χ2v) is 10.9. The summed E-state index contributed by atoms with van der Waals surface area (Å²) in [4.78, 5) is 12.4. The number of aromatic nitrogens is 1. The van der Waals surface area contributed by atoms with E-state index in [1.807, 2.05) is 12.3 Å². The molecule has 3 aliphatic rings. The van der Waals surface area contributed by atoms with E-state index in [0.29, 0.717) is 18.0 Å². The maximum Gasteiger partial charge on any atom is 0.130 e. The maximum absolute atomic E-state index is 14.1. The number of pyridine rings is 1. The Labute approximate surface area is 216 Å². The predicted octanol–water partition coefficient (Wildman–Crippen LogP) is 5.53. The minimum atomic E-state index is -0.160. The molecule has 4 heterocycles. The molecular formula is C27H36FIN4O. The molecule has 3 saturated heterocycles. The molecule has 0 N–H and O–H groups in total. The number of piperidine rings is 2. The Bertz CT molecular complexity index is 940. The first kappa shape index (κ1) is 24.1. The van der Waals surface area contributed by atoms with Gasteiger partial charge in [-0.2, -0.15) is 0 Å². The first-order valence-electron chi connectivity index (χ1n) is 12.9. The first-order chi connectivity index (χ1) is 16.7. The van der Waals surface area contributed by atoms with E-state index in [1.54, 1.807) is 6.07 Å². The fourth-order valence-electron chi connectivity index (χ4n) is 6.19. The van der Waals surface area contributed by atoms with Crippen LogP contribution in [-0.2, 0) is 4.74 Å². The van der Waals surface area contributed by atoms with Gasteiger partial charge in [0.1, 0.15) is 11.6 Å². The summed E-state index contributed by atoms with van der Waals surface area (Å²) < 4.78 is 21.1. The van der Waals surface area contributed by atoms with Crippen molar-refractivity contribution in [2.75, 3.05) is 58.5 Å². The van der Waals surface area contributed by atoms with Crippen LogP contribution in [0.2, 0.25) is 0 Å². The zero-order chi connectivity index (χ0) is 23.3. The van der Waals surface area contributed by atoms with Gasteiger partial charge in [0.15, 0.2) is 0 Å².